The lowest BCUT2D eigenvalue weighted by molar-refractivity contribution is 0.0845. The molecule has 6 aliphatic carbocycles. The number of nitrogens with one attached hydrogen (secondary N) is 6. The van der Waals surface area contributed by atoms with E-state index in [1.165, 1.54) is 115 Å². The number of aliphatic hydroxyl groups excluding tert-OH is 2. The number of hydrogen-bond donors (Lipinski definition) is 8. The first-order valence-corrected chi connectivity index (χ1v) is 52.0. The third-order valence-electron chi connectivity index (χ3n) is 28.7. The summed E-state index contributed by atoms with van der Waals surface area (Å²) >= 11 is 0. The number of unbranched alkanes of at least 4 members (excludes halogenated alkanes) is 1. The minimum atomic E-state index is 0.0947. The molecule has 30 nitrogen and oxygen atoms in total. The summed E-state index contributed by atoms with van der Waals surface area (Å²) in [5.41, 5.74) is 10.3. The fraction of sp³-hybridized carbons (Fsp3) is 0.550. The zero-order chi connectivity index (χ0) is 95.9. The smallest absolute Gasteiger partial charge is 0.213 e. The third kappa shape index (κ3) is 34.6. The van der Waals surface area contributed by atoms with Crippen LogP contribution < -0.4 is 69.8 Å². The van der Waals surface area contributed by atoms with Crippen LogP contribution in [0, 0.1) is 35.5 Å². The summed E-state index contributed by atoms with van der Waals surface area (Å²) in [5, 5.41) is 37.4. The largest absolute Gasteiger partial charge is 0.493 e. The Morgan fingerprint density at radius 1 is 0.255 bits per heavy atom. The first kappa shape index (κ1) is 102. The van der Waals surface area contributed by atoms with Gasteiger partial charge in [0.15, 0.2) is 0 Å². The highest BCUT2D eigenvalue weighted by Crippen LogP contribution is 2.54. The Bertz CT molecular complexity index is 5120. The first-order chi connectivity index (χ1) is 69.8. The standard InChI is InChI=1S/C22H29N3O2.C20H25N3O2.2C19H23N3O2.C16H24N2O3.C15H22N2O3/c1(3-17-4-7-23-8-5-17)2-10-26-15-19-12-22(19)18-11-21(14-24-13-18)27-16-20-6-9-25-20;1-5-21-6-2-15(1)4-8-24-13-17-10-20(17)16-9-19(12-22-11-16)25-14-18-3-7-23-18;1-7-22-16(1)13-24-18-9-15(11-21-12-18)19-10-14(19)4-8-23-17-2-5-20-6-3-17;1-2-6-22-19(3-1)23-8-5-14-10-18(14)15-9-17(12-20-11-15)24-13-16-4-7-21-16;19-4-6-20-5-2-12-8-16(12)13-7-15(10-17-9-13)21-11-14-1-3-18-14;18-3-4-19-9-12-6-15(12)11-5-14(8-16-7-11)20-10-13-1-2-17-13/h4-5,7-8,11,13-14,19-20,22,25H,1-3,6,9-10,12,15-16H2;1-2,5-6,9,11-12,17-18,20,23H,3-4,7-8,10,13-14H2;2-3,5-6,9,11-12,14,16,19,22H,1,4,7-8,10,13H2;1-3,6,9,11-12,14,16,18,21H,4-5,7-8,10,13H2;7,9-10,12,14,16,18-19H,1-6,8,11H2;5,7-8,12-13,15,17-18H,1-4,6,9-10H2/t19-,20+,22-;17-,18+,20-;14-,16-,19-;14-,16-,18-;12-,14-,16-;12-,13+,15-/m110001/s1. The van der Waals surface area contributed by atoms with Crippen LogP contribution in [0.1, 0.15) is 189 Å². The van der Waals surface area contributed by atoms with Crippen molar-refractivity contribution in [1.29, 1.82) is 0 Å². The molecule has 6 saturated heterocycles. The first-order valence-electron chi connectivity index (χ1n) is 52.0. The van der Waals surface area contributed by atoms with Crippen molar-refractivity contribution in [2.24, 2.45) is 35.5 Å². The number of rotatable bonds is 53. The van der Waals surface area contributed by atoms with Crippen molar-refractivity contribution in [2.75, 3.05) is 158 Å². The molecular formula is C111H146N16O14. The number of nitrogens with zero attached hydrogens (tertiary/aromatic N) is 10. The normalized spacial score (nSPS) is 25.4. The van der Waals surface area contributed by atoms with Gasteiger partial charge < -0.3 is 99.0 Å². The van der Waals surface area contributed by atoms with E-state index >= 15 is 0 Å². The summed E-state index contributed by atoms with van der Waals surface area (Å²) in [7, 11) is 0. The van der Waals surface area contributed by atoms with E-state index in [1.54, 1.807) is 31.0 Å². The number of pyridine rings is 10. The van der Waals surface area contributed by atoms with Crippen LogP contribution in [0.2, 0.25) is 0 Å². The lowest BCUT2D eigenvalue weighted by Gasteiger charge is -2.27. The Labute approximate surface area is 831 Å². The molecule has 141 heavy (non-hydrogen) atoms. The van der Waals surface area contributed by atoms with Crippen LogP contribution in [-0.2, 0) is 31.8 Å². The van der Waals surface area contributed by atoms with Gasteiger partial charge in [-0.1, -0.05) is 6.07 Å². The molecule has 0 aromatic carbocycles. The van der Waals surface area contributed by atoms with E-state index in [0.29, 0.717) is 126 Å². The summed E-state index contributed by atoms with van der Waals surface area (Å²) in [4.78, 5) is 42.2. The van der Waals surface area contributed by atoms with Crippen molar-refractivity contribution in [3.8, 4) is 46.1 Å². The van der Waals surface area contributed by atoms with Gasteiger partial charge in [0.05, 0.1) is 96.6 Å². The van der Waals surface area contributed by atoms with Gasteiger partial charge in [-0.25, -0.2) is 4.98 Å². The van der Waals surface area contributed by atoms with Crippen LogP contribution in [0.25, 0.3) is 0 Å². The van der Waals surface area contributed by atoms with Crippen molar-refractivity contribution in [3.63, 3.8) is 0 Å². The van der Waals surface area contributed by atoms with Crippen molar-refractivity contribution in [1.82, 2.24) is 81.7 Å². The number of aliphatic hydroxyl groups is 2. The van der Waals surface area contributed by atoms with Crippen molar-refractivity contribution in [2.45, 2.75) is 194 Å². The summed E-state index contributed by atoms with van der Waals surface area (Å²) in [6.45, 7) is 18.3. The molecule has 8 N–H and O–H groups in total. The van der Waals surface area contributed by atoms with E-state index in [2.05, 4.69) is 130 Å². The summed E-state index contributed by atoms with van der Waals surface area (Å²) < 4.78 is 68.9. The zero-order valence-electron chi connectivity index (χ0n) is 81.7. The van der Waals surface area contributed by atoms with Gasteiger partial charge in [0.2, 0.25) is 5.88 Å². The average Bonchev–Trinajstić information content (AvgIpc) is 1.68. The van der Waals surface area contributed by atoms with Gasteiger partial charge in [-0.2, -0.15) is 0 Å². The molecule has 30 heteroatoms. The van der Waals surface area contributed by atoms with Gasteiger partial charge in [-0.3, -0.25) is 44.9 Å². The second kappa shape index (κ2) is 55.3. The summed E-state index contributed by atoms with van der Waals surface area (Å²) in [5.74, 6) is 14.2. The number of ether oxygens (including phenoxy) is 12. The Morgan fingerprint density at radius 3 is 0.894 bits per heavy atom. The molecule has 0 amide bonds. The molecule has 16 heterocycles. The second-order valence-corrected chi connectivity index (χ2v) is 39.5. The third-order valence-corrected chi connectivity index (χ3v) is 28.7. The highest BCUT2D eigenvalue weighted by molar-refractivity contribution is 5.36. The predicted octanol–water partition coefficient (Wildman–Crippen LogP) is 13.8. The maximum absolute atomic E-state index is 8.69. The van der Waals surface area contributed by atoms with E-state index in [9.17, 15) is 0 Å². The Morgan fingerprint density at radius 2 is 0.560 bits per heavy atom. The fourth-order valence-electron chi connectivity index (χ4n) is 18.4. The van der Waals surface area contributed by atoms with Gasteiger partial charge in [0.25, 0.3) is 0 Å². The fourth-order valence-corrected chi connectivity index (χ4v) is 18.4. The molecule has 6 saturated carbocycles. The maximum atomic E-state index is 8.69. The van der Waals surface area contributed by atoms with Crippen molar-refractivity contribution < 1.29 is 67.1 Å². The topological polar surface area (TPSA) is 352 Å². The van der Waals surface area contributed by atoms with Gasteiger partial charge in [-0.05, 0) is 356 Å². The SMILES string of the molecule is OCCOCC[C@H]1C[C@@H]1c1cncc(OC[C@@H]2CCN2)c1.OCCOC[C@H]1C[C@@H]1c1cncc(OC[C@@H]2CCN2)c1.c1cc(CCCCOC[C@H]2C[C@@H]2c2cncc(OC[C@@H]3CCN3)c2)ccn1.c1cc(CCOC[C@H]2C[C@@H]2c2cncc(OC[C@@H]3CCN3)c2)ccn1.c1cc(OCC[C@H]2C[C@@H]2c2cncc(OC[C@@H]3CCN3)c2)ccn1.c1ccc(OCC[C@H]2C[C@@H]2c2cncc(OC[C@@H]3CCN3)c2)nc1. The molecule has 0 spiro atoms. The average molecular weight is 1930 g/mol. The van der Waals surface area contributed by atoms with Crippen LogP contribution in [-0.4, -0.2) is 254 Å². The minimum absolute atomic E-state index is 0.0947. The van der Waals surface area contributed by atoms with Crippen LogP contribution >= 0.6 is 0 Å². The van der Waals surface area contributed by atoms with Crippen LogP contribution in [0.15, 0.2) is 209 Å². The molecule has 10 aromatic rings. The van der Waals surface area contributed by atoms with Crippen LogP contribution in [0.4, 0.5) is 0 Å². The Balaban J connectivity index is 0.000000117. The van der Waals surface area contributed by atoms with E-state index in [1.807, 2.05) is 129 Å². The van der Waals surface area contributed by atoms with Crippen LogP contribution in [0.3, 0.4) is 0 Å². The van der Waals surface area contributed by atoms with E-state index < -0.39 is 0 Å². The van der Waals surface area contributed by atoms with Crippen molar-refractivity contribution in [3.05, 3.63) is 253 Å². The van der Waals surface area contributed by atoms with Gasteiger partial charge in [-0.15, -0.1) is 0 Å². The molecule has 10 aromatic heterocycles. The molecule has 754 valence electrons. The quantitative estimate of drug-likeness (QED) is 0.0164. The molecule has 6 aliphatic heterocycles. The molecule has 12 fully saturated rings. The summed E-state index contributed by atoms with van der Waals surface area (Å²) in [6, 6.07) is 33.6. The lowest BCUT2D eigenvalue weighted by Crippen LogP contribution is -2.46. The molecular weight excluding hydrogens is 1780 g/mol. The number of aromatic nitrogens is 10. The highest BCUT2D eigenvalue weighted by atomic mass is 16.5. The van der Waals surface area contributed by atoms with E-state index in [4.69, 9.17) is 67.1 Å². The lowest BCUT2D eigenvalue weighted by atomic mass is 10.1. The van der Waals surface area contributed by atoms with Crippen LogP contribution in [0.5, 0.6) is 46.1 Å². The summed E-state index contributed by atoms with van der Waals surface area (Å²) in [6.07, 6.45) is 57.1. The predicted molar refractivity (Wildman–Crippen MR) is 538 cm³/mol. The highest BCUT2D eigenvalue weighted by Gasteiger charge is 2.44. The molecule has 0 radical (unpaired) electrons. The Kier molecular flexibility index (Phi) is 40.0. The molecule has 22 rings (SSSR count). The zero-order valence-corrected chi connectivity index (χ0v) is 81.7. The molecule has 18 atom stereocenters. The maximum Gasteiger partial charge on any atom is 0.213 e. The van der Waals surface area contributed by atoms with E-state index in [0.717, 1.165) is 223 Å². The molecule has 0 unspecified atom stereocenters. The second-order valence-electron chi connectivity index (χ2n) is 39.5. The van der Waals surface area contributed by atoms with Gasteiger partial charge >= 0.3 is 0 Å². The molecule has 0 bridgehead atoms. The van der Waals surface area contributed by atoms with Crippen molar-refractivity contribution >= 4 is 0 Å². The monoisotopic (exact) mass is 1930 g/mol. The Hall–Kier alpha value is -10.6. The number of hydrogen-bond acceptors (Lipinski definition) is 30. The van der Waals surface area contributed by atoms with E-state index in [-0.39, 0.29) is 13.2 Å². The van der Waals surface area contributed by atoms with Gasteiger partial charge in [0.1, 0.15) is 79.9 Å². The number of aryl methyl sites for hydroxylation is 1. The minimum Gasteiger partial charge on any atom is -0.493 e. The molecule has 12 aliphatic rings. The van der Waals surface area contributed by atoms with Gasteiger partial charge in [0, 0.05) is 143 Å².